The van der Waals surface area contributed by atoms with Crippen molar-refractivity contribution in [3.63, 3.8) is 0 Å². The number of nitrogens with one attached hydrogen (secondary N) is 1. The topological polar surface area (TPSA) is 51.5 Å². The maximum absolute atomic E-state index is 11.5. The second-order valence-electron chi connectivity index (χ2n) is 3.33. The standard InChI is InChI=1S/C10H12BrNO3S/c1-2-14-10(13)6-5-16-9(12-6)7-3-4-8(11)15-7/h3-4,6,9,12H,2,5H2,1H3/t6-,9-/m0/s1. The molecule has 2 heterocycles. The summed E-state index contributed by atoms with van der Waals surface area (Å²) in [5, 5.41) is 3.21. The molecule has 4 nitrogen and oxygen atoms in total. The number of hydrogen-bond acceptors (Lipinski definition) is 5. The summed E-state index contributed by atoms with van der Waals surface area (Å²) >= 11 is 4.90. The maximum atomic E-state index is 11.5. The largest absolute Gasteiger partial charge is 0.465 e. The van der Waals surface area contributed by atoms with Gasteiger partial charge in [0.1, 0.15) is 17.2 Å². The van der Waals surface area contributed by atoms with E-state index in [2.05, 4.69) is 21.2 Å². The molecule has 0 aromatic carbocycles. The first-order valence-electron chi connectivity index (χ1n) is 5.00. The van der Waals surface area contributed by atoms with Crippen molar-refractivity contribution >= 4 is 33.7 Å². The number of carbonyl (C=O) groups excluding carboxylic acids is 1. The fraction of sp³-hybridized carbons (Fsp3) is 0.500. The molecule has 1 saturated heterocycles. The summed E-state index contributed by atoms with van der Waals surface area (Å²) in [6.45, 7) is 2.22. The van der Waals surface area contributed by atoms with Crippen molar-refractivity contribution < 1.29 is 13.9 Å². The molecule has 6 heteroatoms. The average Bonchev–Trinajstić information content (AvgIpc) is 2.85. The van der Waals surface area contributed by atoms with Crippen molar-refractivity contribution in [2.24, 2.45) is 0 Å². The van der Waals surface area contributed by atoms with E-state index in [9.17, 15) is 4.79 Å². The molecular formula is C10H12BrNO3S. The van der Waals surface area contributed by atoms with Gasteiger partial charge in [-0.1, -0.05) is 0 Å². The number of hydrogen-bond donors (Lipinski definition) is 1. The van der Waals surface area contributed by atoms with Crippen LogP contribution in [-0.2, 0) is 9.53 Å². The lowest BCUT2D eigenvalue weighted by Crippen LogP contribution is -2.35. The van der Waals surface area contributed by atoms with Crippen LogP contribution < -0.4 is 5.32 Å². The van der Waals surface area contributed by atoms with Crippen LogP contribution in [0.3, 0.4) is 0 Å². The minimum absolute atomic E-state index is 0.0284. The summed E-state index contributed by atoms with van der Waals surface area (Å²) < 4.78 is 11.1. The first-order chi connectivity index (χ1) is 7.70. The van der Waals surface area contributed by atoms with E-state index in [0.29, 0.717) is 17.0 Å². The number of rotatable bonds is 3. The predicted octanol–water partition coefficient (Wildman–Crippen LogP) is 2.31. The van der Waals surface area contributed by atoms with Crippen molar-refractivity contribution in [3.8, 4) is 0 Å². The number of esters is 1. The molecule has 88 valence electrons. The van der Waals surface area contributed by atoms with Gasteiger partial charge in [0.15, 0.2) is 4.67 Å². The van der Waals surface area contributed by atoms with Crippen molar-refractivity contribution in [2.75, 3.05) is 12.4 Å². The van der Waals surface area contributed by atoms with Crippen LogP contribution in [0, 0.1) is 0 Å². The van der Waals surface area contributed by atoms with Gasteiger partial charge >= 0.3 is 5.97 Å². The van der Waals surface area contributed by atoms with Crippen LogP contribution in [0.2, 0.25) is 0 Å². The van der Waals surface area contributed by atoms with E-state index >= 15 is 0 Å². The molecule has 2 atom stereocenters. The Kier molecular flexibility index (Phi) is 3.94. The van der Waals surface area contributed by atoms with Crippen LogP contribution >= 0.6 is 27.7 Å². The molecule has 0 spiro atoms. The van der Waals surface area contributed by atoms with Crippen LogP contribution in [0.5, 0.6) is 0 Å². The number of furan rings is 1. The fourth-order valence-electron chi connectivity index (χ4n) is 1.48. The lowest BCUT2D eigenvalue weighted by molar-refractivity contribution is -0.144. The molecule has 0 aliphatic carbocycles. The Bertz CT molecular complexity index is 382. The summed E-state index contributed by atoms with van der Waals surface area (Å²) in [6.07, 6.45) is 0. The van der Waals surface area contributed by atoms with Crippen LogP contribution in [0.4, 0.5) is 0 Å². The monoisotopic (exact) mass is 305 g/mol. The van der Waals surface area contributed by atoms with Gasteiger partial charge in [-0.2, -0.15) is 0 Å². The van der Waals surface area contributed by atoms with Crippen LogP contribution in [-0.4, -0.2) is 24.4 Å². The van der Waals surface area contributed by atoms with E-state index in [1.165, 1.54) is 0 Å². The molecule has 0 saturated carbocycles. The van der Waals surface area contributed by atoms with Crippen LogP contribution in [0.25, 0.3) is 0 Å². The van der Waals surface area contributed by atoms with Gasteiger partial charge in [-0.05, 0) is 35.0 Å². The first kappa shape index (κ1) is 12.0. The highest BCUT2D eigenvalue weighted by Crippen LogP contribution is 2.34. The van der Waals surface area contributed by atoms with E-state index < -0.39 is 0 Å². The molecule has 1 aromatic heterocycles. The lowest BCUT2D eigenvalue weighted by Gasteiger charge is -2.10. The Labute approximate surface area is 106 Å². The normalized spacial score (nSPS) is 24.6. The molecule has 0 amide bonds. The highest BCUT2D eigenvalue weighted by molar-refractivity contribution is 9.10. The van der Waals surface area contributed by atoms with Gasteiger partial charge in [0.05, 0.1) is 6.61 Å². The molecule has 16 heavy (non-hydrogen) atoms. The average molecular weight is 306 g/mol. The van der Waals surface area contributed by atoms with E-state index in [1.807, 2.05) is 12.1 Å². The van der Waals surface area contributed by atoms with Crippen LogP contribution in [0.1, 0.15) is 18.1 Å². The summed E-state index contributed by atoms with van der Waals surface area (Å²) in [5.74, 6) is 1.34. The molecule has 1 N–H and O–H groups in total. The van der Waals surface area contributed by atoms with Crippen molar-refractivity contribution in [2.45, 2.75) is 18.3 Å². The number of carbonyl (C=O) groups is 1. The maximum Gasteiger partial charge on any atom is 0.324 e. The Morgan fingerprint density at radius 2 is 2.56 bits per heavy atom. The summed E-state index contributed by atoms with van der Waals surface area (Å²) in [4.78, 5) is 11.5. The van der Waals surface area contributed by atoms with Gasteiger partial charge < -0.3 is 9.15 Å². The van der Waals surface area contributed by atoms with Gasteiger partial charge in [0, 0.05) is 5.75 Å². The Balaban J connectivity index is 1.95. The van der Waals surface area contributed by atoms with E-state index in [0.717, 1.165) is 5.76 Å². The Hall–Kier alpha value is -0.460. The minimum atomic E-state index is -0.237. The number of ether oxygens (including phenoxy) is 1. The Morgan fingerprint density at radius 3 is 3.19 bits per heavy atom. The molecule has 0 unspecified atom stereocenters. The van der Waals surface area contributed by atoms with E-state index in [-0.39, 0.29) is 17.4 Å². The highest BCUT2D eigenvalue weighted by Gasteiger charge is 2.32. The molecule has 0 bridgehead atoms. The zero-order chi connectivity index (χ0) is 11.5. The summed E-state index contributed by atoms with van der Waals surface area (Å²) in [6, 6.07) is 3.50. The van der Waals surface area contributed by atoms with E-state index in [4.69, 9.17) is 9.15 Å². The molecular weight excluding hydrogens is 294 g/mol. The van der Waals surface area contributed by atoms with Gasteiger partial charge in [-0.3, -0.25) is 10.1 Å². The smallest absolute Gasteiger partial charge is 0.324 e. The molecule has 1 aromatic rings. The van der Waals surface area contributed by atoms with Crippen molar-refractivity contribution in [1.82, 2.24) is 5.32 Å². The summed E-state index contributed by atoms with van der Waals surface area (Å²) in [7, 11) is 0. The second-order valence-corrected chi connectivity index (χ2v) is 5.25. The SMILES string of the molecule is CCOC(=O)[C@@H]1CS[C@@H](c2ccc(Br)o2)N1. The first-order valence-corrected chi connectivity index (χ1v) is 6.84. The van der Waals surface area contributed by atoms with Gasteiger partial charge in [0.2, 0.25) is 0 Å². The van der Waals surface area contributed by atoms with E-state index in [1.54, 1.807) is 18.7 Å². The predicted molar refractivity (Wildman–Crippen MR) is 65.2 cm³/mol. The highest BCUT2D eigenvalue weighted by atomic mass is 79.9. The van der Waals surface area contributed by atoms with Gasteiger partial charge in [0.25, 0.3) is 0 Å². The zero-order valence-electron chi connectivity index (χ0n) is 8.73. The van der Waals surface area contributed by atoms with Crippen molar-refractivity contribution in [1.29, 1.82) is 0 Å². The van der Waals surface area contributed by atoms with Crippen molar-refractivity contribution in [3.05, 3.63) is 22.6 Å². The molecule has 1 fully saturated rings. The molecule has 2 rings (SSSR count). The third-order valence-electron chi connectivity index (χ3n) is 2.21. The minimum Gasteiger partial charge on any atom is -0.465 e. The zero-order valence-corrected chi connectivity index (χ0v) is 11.1. The molecule has 1 aliphatic rings. The Morgan fingerprint density at radius 1 is 1.75 bits per heavy atom. The second kappa shape index (κ2) is 5.25. The quantitative estimate of drug-likeness (QED) is 0.869. The molecule has 1 aliphatic heterocycles. The molecule has 0 radical (unpaired) electrons. The number of thioether (sulfide) groups is 1. The summed E-state index contributed by atoms with van der Waals surface area (Å²) in [5.41, 5.74) is 0. The van der Waals surface area contributed by atoms with Crippen LogP contribution in [0.15, 0.2) is 21.2 Å². The third kappa shape index (κ3) is 2.61. The lowest BCUT2D eigenvalue weighted by atomic mass is 10.3. The fourth-order valence-corrected chi connectivity index (χ4v) is 2.97. The van der Waals surface area contributed by atoms with Gasteiger partial charge in [-0.15, -0.1) is 11.8 Å². The number of halogens is 1. The van der Waals surface area contributed by atoms with Gasteiger partial charge in [-0.25, -0.2) is 0 Å². The third-order valence-corrected chi connectivity index (χ3v) is 3.86.